The maximum absolute atomic E-state index is 12.0. The molecule has 1 aliphatic heterocycles. The summed E-state index contributed by atoms with van der Waals surface area (Å²) < 4.78 is 5.38. The van der Waals surface area contributed by atoms with Crippen LogP contribution >= 0.6 is 0 Å². The van der Waals surface area contributed by atoms with Gasteiger partial charge in [-0.05, 0) is 31.5 Å². The van der Waals surface area contributed by atoms with Gasteiger partial charge in [0.05, 0.1) is 18.8 Å². The Hall–Kier alpha value is -1.66. The van der Waals surface area contributed by atoms with Crippen molar-refractivity contribution < 1.29 is 9.53 Å². The van der Waals surface area contributed by atoms with Crippen LogP contribution in [0.2, 0.25) is 0 Å². The molecular formula is C22H38N4O2. The second-order valence-corrected chi connectivity index (χ2v) is 7.68. The molecule has 0 spiro atoms. The molecule has 0 bridgehead atoms. The summed E-state index contributed by atoms with van der Waals surface area (Å²) in [5, 5.41) is 2.92. The molecule has 6 nitrogen and oxygen atoms in total. The first-order valence-corrected chi connectivity index (χ1v) is 11.1. The van der Waals surface area contributed by atoms with Gasteiger partial charge in [0.1, 0.15) is 5.82 Å². The molecule has 158 valence electrons. The predicted molar refractivity (Wildman–Crippen MR) is 114 cm³/mol. The SMILES string of the molecule is Nc1ncccc1C(=O)NCCCCCCCCCCCCN1CCOCC1. The third-order valence-corrected chi connectivity index (χ3v) is 5.37. The number of morpholine rings is 1. The maximum Gasteiger partial charge on any atom is 0.255 e. The highest BCUT2D eigenvalue weighted by Crippen LogP contribution is 2.11. The third kappa shape index (κ3) is 9.51. The summed E-state index contributed by atoms with van der Waals surface area (Å²) in [5.41, 5.74) is 6.18. The summed E-state index contributed by atoms with van der Waals surface area (Å²) in [7, 11) is 0. The Morgan fingerprint density at radius 3 is 2.25 bits per heavy atom. The van der Waals surface area contributed by atoms with Gasteiger partial charge in [-0.2, -0.15) is 0 Å². The second kappa shape index (κ2) is 14.4. The lowest BCUT2D eigenvalue weighted by Crippen LogP contribution is -2.36. The summed E-state index contributed by atoms with van der Waals surface area (Å²) in [6.07, 6.45) is 14.5. The van der Waals surface area contributed by atoms with E-state index in [4.69, 9.17) is 10.5 Å². The molecule has 2 heterocycles. The van der Waals surface area contributed by atoms with Crippen LogP contribution in [-0.4, -0.2) is 55.2 Å². The van der Waals surface area contributed by atoms with Crippen molar-refractivity contribution >= 4 is 11.7 Å². The first-order chi connectivity index (χ1) is 13.8. The fourth-order valence-electron chi connectivity index (χ4n) is 3.61. The topological polar surface area (TPSA) is 80.5 Å². The van der Waals surface area contributed by atoms with Gasteiger partial charge in [0, 0.05) is 25.8 Å². The van der Waals surface area contributed by atoms with E-state index in [0.717, 1.165) is 32.7 Å². The lowest BCUT2D eigenvalue weighted by atomic mass is 10.1. The van der Waals surface area contributed by atoms with Gasteiger partial charge < -0.3 is 15.8 Å². The number of aromatic nitrogens is 1. The van der Waals surface area contributed by atoms with Gasteiger partial charge in [-0.25, -0.2) is 4.98 Å². The molecule has 1 saturated heterocycles. The minimum absolute atomic E-state index is 0.126. The summed E-state index contributed by atoms with van der Waals surface area (Å²) in [4.78, 5) is 18.5. The minimum Gasteiger partial charge on any atom is -0.383 e. The van der Waals surface area contributed by atoms with E-state index in [9.17, 15) is 4.79 Å². The number of amides is 1. The van der Waals surface area contributed by atoms with Crippen LogP contribution < -0.4 is 11.1 Å². The second-order valence-electron chi connectivity index (χ2n) is 7.68. The molecule has 1 amide bonds. The van der Waals surface area contributed by atoms with Crippen molar-refractivity contribution in [2.24, 2.45) is 0 Å². The lowest BCUT2D eigenvalue weighted by Gasteiger charge is -2.26. The molecule has 1 aliphatic rings. The van der Waals surface area contributed by atoms with Gasteiger partial charge >= 0.3 is 0 Å². The molecule has 0 saturated carbocycles. The number of nitrogens with two attached hydrogens (primary N) is 1. The van der Waals surface area contributed by atoms with E-state index in [1.807, 2.05) is 0 Å². The monoisotopic (exact) mass is 390 g/mol. The van der Waals surface area contributed by atoms with E-state index in [2.05, 4.69) is 15.2 Å². The number of carbonyl (C=O) groups is 1. The van der Waals surface area contributed by atoms with Crippen molar-refractivity contribution in [3.8, 4) is 0 Å². The smallest absolute Gasteiger partial charge is 0.255 e. The number of rotatable bonds is 14. The van der Waals surface area contributed by atoms with E-state index in [0.29, 0.717) is 17.9 Å². The standard InChI is InChI=1S/C22H38N4O2/c23-21-20(12-11-14-24-21)22(27)25-13-9-7-5-3-1-2-4-6-8-10-15-26-16-18-28-19-17-26/h11-12,14H,1-10,13,15-19H2,(H2,23,24)(H,25,27). The number of nitrogens with zero attached hydrogens (tertiary/aromatic N) is 2. The van der Waals surface area contributed by atoms with Crippen LogP contribution in [0.5, 0.6) is 0 Å². The number of unbranched alkanes of at least 4 members (excludes halogenated alkanes) is 9. The number of pyridine rings is 1. The van der Waals surface area contributed by atoms with Crippen molar-refractivity contribution in [2.45, 2.75) is 64.2 Å². The Kier molecular flexibility index (Phi) is 11.6. The van der Waals surface area contributed by atoms with Crippen LogP contribution in [0.25, 0.3) is 0 Å². The molecule has 1 fully saturated rings. The largest absolute Gasteiger partial charge is 0.383 e. The van der Waals surface area contributed by atoms with Crippen LogP contribution in [0.1, 0.15) is 74.6 Å². The number of carbonyl (C=O) groups excluding carboxylic acids is 1. The molecule has 0 unspecified atom stereocenters. The van der Waals surface area contributed by atoms with Gasteiger partial charge in [-0.1, -0.05) is 51.4 Å². The highest BCUT2D eigenvalue weighted by atomic mass is 16.5. The molecule has 3 N–H and O–H groups in total. The number of nitrogen functional groups attached to an aromatic ring is 1. The number of ether oxygens (including phenoxy) is 1. The first-order valence-electron chi connectivity index (χ1n) is 11.1. The molecule has 0 radical (unpaired) electrons. The first kappa shape index (κ1) is 22.6. The zero-order valence-corrected chi connectivity index (χ0v) is 17.3. The Labute approximate surface area is 170 Å². The lowest BCUT2D eigenvalue weighted by molar-refractivity contribution is 0.0371. The van der Waals surface area contributed by atoms with Gasteiger partial charge in [-0.15, -0.1) is 0 Å². The fourth-order valence-corrected chi connectivity index (χ4v) is 3.61. The van der Waals surface area contributed by atoms with Gasteiger partial charge in [0.25, 0.3) is 5.91 Å². The number of hydrogen-bond acceptors (Lipinski definition) is 5. The van der Waals surface area contributed by atoms with E-state index in [1.165, 1.54) is 64.3 Å². The zero-order chi connectivity index (χ0) is 19.9. The van der Waals surface area contributed by atoms with Gasteiger partial charge in [0.15, 0.2) is 0 Å². The van der Waals surface area contributed by atoms with Crippen molar-refractivity contribution in [1.82, 2.24) is 15.2 Å². The van der Waals surface area contributed by atoms with Crippen molar-refractivity contribution in [3.05, 3.63) is 23.9 Å². The average molecular weight is 391 g/mol. The normalized spacial score (nSPS) is 14.9. The maximum atomic E-state index is 12.0. The van der Waals surface area contributed by atoms with Crippen LogP contribution in [0.4, 0.5) is 5.82 Å². The number of anilines is 1. The molecule has 28 heavy (non-hydrogen) atoms. The van der Waals surface area contributed by atoms with E-state index in [1.54, 1.807) is 18.3 Å². The molecule has 1 aromatic rings. The summed E-state index contributed by atoms with van der Waals surface area (Å²) in [6.45, 7) is 5.99. The zero-order valence-electron chi connectivity index (χ0n) is 17.3. The number of hydrogen-bond donors (Lipinski definition) is 2. The summed E-state index contributed by atoms with van der Waals surface area (Å²) >= 11 is 0. The van der Waals surface area contributed by atoms with E-state index < -0.39 is 0 Å². The summed E-state index contributed by atoms with van der Waals surface area (Å²) in [5.74, 6) is 0.167. The van der Waals surface area contributed by atoms with Crippen LogP contribution in [-0.2, 0) is 4.74 Å². The predicted octanol–water partition coefficient (Wildman–Crippen LogP) is 3.63. The van der Waals surface area contributed by atoms with Crippen LogP contribution in [0.3, 0.4) is 0 Å². The van der Waals surface area contributed by atoms with E-state index in [-0.39, 0.29) is 5.91 Å². The molecule has 0 aromatic carbocycles. The van der Waals surface area contributed by atoms with Crippen LogP contribution in [0, 0.1) is 0 Å². The Morgan fingerprint density at radius 2 is 1.61 bits per heavy atom. The van der Waals surface area contributed by atoms with Gasteiger partial charge in [-0.3, -0.25) is 9.69 Å². The highest BCUT2D eigenvalue weighted by Gasteiger charge is 2.09. The Morgan fingerprint density at radius 1 is 1.00 bits per heavy atom. The van der Waals surface area contributed by atoms with Crippen molar-refractivity contribution in [2.75, 3.05) is 45.1 Å². The Balaban J connectivity index is 1.32. The molecule has 1 aromatic heterocycles. The van der Waals surface area contributed by atoms with Gasteiger partial charge in [0.2, 0.25) is 0 Å². The molecule has 0 aliphatic carbocycles. The number of nitrogens with one attached hydrogen (secondary N) is 1. The third-order valence-electron chi connectivity index (χ3n) is 5.37. The van der Waals surface area contributed by atoms with Crippen molar-refractivity contribution in [1.29, 1.82) is 0 Å². The minimum atomic E-state index is -0.126. The van der Waals surface area contributed by atoms with Crippen LogP contribution in [0.15, 0.2) is 18.3 Å². The molecule has 6 heteroatoms. The highest BCUT2D eigenvalue weighted by molar-refractivity contribution is 5.98. The summed E-state index contributed by atoms with van der Waals surface area (Å²) in [6, 6.07) is 3.44. The molecule has 0 atom stereocenters. The molecular weight excluding hydrogens is 352 g/mol. The average Bonchev–Trinajstić information content (AvgIpc) is 2.72. The Bertz CT molecular complexity index is 547. The molecule has 2 rings (SSSR count). The fraction of sp³-hybridized carbons (Fsp3) is 0.727. The quantitative estimate of drug-likeness (QED) is 0.474. The van der Waals surface area contributed by atoms with E-state index >= 15 is 0 Å². The van der Waals surface area contributed by atoms with Crippen molar-refractivity contribution in [3.63, 3.8) is 0 Å².